The van der Waals surface area contributed by atoms with Gasteiger partial charge in [-0.25, -0.2) is 9.78 Å². The third-order valence-electron chi connectivity index (χ3n) is 2.92. The smallest absolute Gasteiger partial charge is 0.338 e. The zero-order valence-electron chi connectivity index (χ0n) is 9.75. The first-order valence-electron chi connectivity index (χ1n) is 5.63. The first-order valence-corrected chi connectivity index (χ1v) is 6.42. The number of aromatic carboxylic acids is 1. The van der Waals surface area contributed by atoms with Crippen LogP contribution in [0.4, 0.5) is 0 Å². The fraction of sp³-hybridized carbons (Fsp3) is 0. The molecule has 0 saturated carbocycles. The predicted octanol–water partition coefficient (Wildman–Crippen LogP) is 3.49. The monoisotopic (exact) mass is 316 g/mol. The Morgan fingerprint density at radius 2 is 1.95 bits per heavy atom. The van der Waals surface area contributed by atoms with Crippen LogP contribution in [0.25, 0.3) is 16.7 Å². The maximum atomic E-state index is 11.4. The molecule has 1 N–H and O–H groups in total. The Kier molecular flexibility index (Phi) is 2.83. The van der Waals surface area contributed by atoms with E-state index in [0.717, 1.165) is 11.0 Å². The van der Waals surface area contributed by atoms with Crippen LogP contribution in [0, 0.1) is 0 Å². The van der Waals surface area contributed by atoms with E-state index in [4.69, 9.17) is 0 Å². The van der Waals surface area contributed by atoms with Gasteiger partial charge in [-0.15, -0.1) is 0 Å². The Bertz CT molecular complexity index is 780. The summed E-state index contributed by atoms with van der Waals surface area (Å²) in [6, 6.07) is 12.9. The maximum Gasteiger partial charge on any atom is 0.338 e. The molecule has 0 aliphatic carbocycles. The van der Waals surface area contributed by atoms with E-state index in [9.17, 15) is 9.90 Å². The minimum Gasteiger partial charge on any atom is -0.478 e. The van der Waals surface area contributed by atoms with E-state index in [1.807, 2.05) is 24.3 Å². The van der Waals surface area contributed by atoms with Gasteiger partial charge in [0.1, 0.15) is 6.33 Å². The van der Waals surface area contributed by atoms with Crippen LogP contribution in [-0.4, -0.2) is 20.6 Å². The van der Waals surface area contributed by atoms with Crippen LogP contribution >= 0.6 is 15.9 Å². The highest BCUT2D eigenvalue weighted by Gasteiger charge is 2.16. The Morgan fingerprint density at radius 3 is 2.74 bits per heavy atom. The molecule has 1 aromatic heterocycles. The number of hydrogen-bond donors (Lipinski definition) is 1. The summed E-state index contributed by atoms with van der Waals surface area (Å²) in [5.41, 5.74) is 2.53. The second-order valence-electron chi connectivity index (χ2n) is 4.04. The van der Waals surface area contributed by atoms with Crippen molar-refractivity contribution in [3.63, 3.8) is 0 Å². The summed E-state index contributed by atoms with van der Waals surface area (Å²) >= 11 is 3.28. The van der Waals surface area contributed by atoms with Gasteiger partial charge in [0.2, 0.25) is 0 Å². The average Bonchev–Trinajstić information content (AvgIpc) is 2.81. The number of hydrogen-bond acceptors (Lipinski definition) is 2. The largest absolute Gasteiger partial charge is 0.478 e. The van der Waals surface area contributed by atoms with Crippen LogP contribution in [-0.2, 0) is 0 Å². The van der Waals surface area contributed by atoms with Gasteiger partial charge in [0.05, 0.1) is 22.3 Å². The summed E-state index contributed by atoms with van der Waals surface area (Å²) in [5.74, 6) is -0.972. The number of halogens is 1. The number of carbonyl (C=O) groups is 1. The molecule has 1 heterocycles. The summed E-state index contributed by atoms with van der Waals surface area (Å²) in [4.78, 5) is 15.7. The summed E-state index contributed by atoms with van der Waals surface area (Å²) < 4.78 is 2.33. The molecule has 2 aromatic carbocycles. The average molecular weight is 317 g/mol. The topological polar surface area (TPSA) is 55.1 Å². The Labute approximate surface area is 117 Å². The standard InChI is InChI=1S/C14H9BrN2O2/c15-9-4-3-7-12(13(9)14(18)19)17-8-16-10-5-1-2-6-11(10)17/h1-8H,(H,18,19). The summed E-state index contributed by atoms with van der Waals surface area (Å²) in [6.45, 7) is 0. The minimum atomic E-state index is -0.972. The van der Waals surface area contributed by atoms with Crippen molar-refractivity contribution in [2.24, 2.45) is 0 Å². The number of carboxylic acid groups (broad SMARTS) is 1. The van der Waals surface area contributed by atoms with Gasteiger partial charge in [-0.3, -0.25) is 4.57 Å². The molecule has 0 atom stereocenters. The molecule has 19 heavy (non-hydrogen) atoms. The van der Waals surface area contributed by atoms with Gasteiger partial charge >= 0.3 is 5.97 Å². The van der Waals surface area contributed by atoms with Crippen molar-refractivity contribution in [1.29, 1.82) is 0 Å². The lowest BCUT2D eigenvalue weighted by Gasteiger charge is -2.09. The maximum absolute atomic E-state index is 11.4. The molecular weight excluding hydrogens is 308 g/mol. The highest BCUT2D eigenvalue weighted by Crippen LogP contribution is 2.26. The number of nitrogens with zero attached hydrogens (tertiary/aromatic N) is 2. The minimum absolute atomic E-state index is 0.227. The van der Waals surface area contributed by atoms with Crippen molar-refractivity contribution in [2.45, 2.75) is 0 Å². The molecule has 0 amide bonds. The van der Waals surface area contributed by atoms with E-state index in [1.165, 1.54) is 0 Å². The van der Waals surface area contributed by atoms with Gasteiger partial charge in [-0.05, 0) is 40.2 Å². The number of benzene rings is 2. The molecule has 0 spiro atoms. The normalized spacial score (nSPS) is 10.8. The lowest BCUT2D eigenvalue weighted by Crippen LogP contribution is -2.05. The Balaban J connectivity index is 2.33. The Hall–Kier alpha value is -2.14. The molecule has 0 radical (unpaired) electrons. The summed E-state index contributed by atoms with van der Waals surface area (Å²) in [5, 5.41) is 9.35. The number of rotatable bonds is 2. The van der Waals surface area contributed by atoms with Crippen LogP contribution in [0.3, 0.4) is 0 Å². The molecule has 0 aliphatic heterocycles. The number of carboxylic acids is 1. The molecule has 0 fully saturated rings. The fourth-order valence-corrected chi connectivity index (χ4v) is 2.60. The fourth-order valence-electron chi connectivity index (χ4n) is 2.08. The molecule has 0 unspecified atom stereocenters. The van der Waals surface area contributed by atoms with Crippen LogP contribution in [0.5, 0.6) is 0 Å². The van der Waals surface area contributed by atoms with Gasteiger partial charge in [0, 0.05) is 4.47 Å². The molecule has 4 nitrogen and oxygen atoms in total. The van der Waals surface area contributed by atoms with Gasteiger partial charge < -0.3 is 5.11 Å². The van der Waals surface area contributed by atoms with Gasteiger partial charge in [-0.2, -0.15) is 0 Å². The zero-order valence-corrected chi connectivity index (χ0v) is 11.3. The van der Waals surface area contributed by atoms with E-state index < -0.39 is 5.97 Å². The van der Waals surface area contributed by atoms with Crippen molar-refractivity contribution in [3.05, 3.63) is 58.8 Å². The number of fused-ring (bicyclic) bond motifs is 1. The highest BCUT2D eigenvalue weighted by molar-refractivity contribution is 9.10. The SMILES string of the molecule is O=C(O)c1c(Br)cccc1-n1cnc2ccccc21. The van der Waals surface area contributed by atoms with Crippen molar-refractivity contribution in [1.82, 2.24) is 9.55 Å². The predicted molar refractivity (Wildman–Crippen MR) is 75.7 cm³/mol. The van der Waals surface area contributed by atoms with Crippen LogP contribution in [0.15, 0.2) is 53.3 Å². The molecule has 94 valence electrons. The van der Waals surface area contributed by atoms with Crippen LogP contribution < -0.4 is 0 Å². The van der Waals surface area contributed by atoms with Gasteiger partial charge in [0.25, 0.3) is 0 Å². The van der Waals surface area contributed by atoms with Crippen molar-refractivity contribution < 1.29 is 9.90 Å². The quantitative estimate of drug-likeness (QED) is 0.787. The highest BCUT2D eigenvalue weighted by atomic mass is 79.9. The summed E-state index contributed by atoms with van der Waals surface area (Å²) in [6.07, 6.45) is 1.64. The molecule has 0 saturated heterocycles. The first-order chi connectivity index (χ1) is 9.18. The third kappa shape index (κ3) is 1.92. The molecule has 3 rings (SSSR count). The lowest BCUT2D eigenvalue weighted by atomic mass is 10.1. The second kappa shape index (κ2) is 4.51. The molecular formula is C14H9BrN2O2. The molecule has 0 bridgehead atoms. The van der Waals surface area contributed by atoms with E-state index in [2.05, 4.69) is 20.9 Å². The zero-order chi connectivity index (χ0) is 13.4. The van der Waals surface area contributed by atoms with E-state index in [1.54, 1.807) is 29.1 Å². The van der Waals surface area contributed by atoms with E-state index in [0.29, 0.717) is 10.2 Å². The van der Waals surface area contributed by atoms with E-state index >= 15 is 0 Å². The van der Waals surface area contributed by atoms with Gasteiger partial charge in [-0.1, -0.05) is 18.2 Å². The molecule has 3 aromatic rings. The molecule has 0 aliphatic rings. The van der Waals surface area contributed by atoms with E-state index in [-0.39, 0.29) is 5.56 Å². The van der Waals surface area contributed by atoms with Crippen molar-refractivity contribution >= 4 is 32.9 Å². The second-order valence-corrected chi connectivity index (χ2v) is 4.90. The number of para-hydroxylation sites is 2. The van der Waals surface area contributed by atoms with Crippen LogP contribution in [0.1, 0.15) is 10.4 Å². The lowest BCUT2D eigenvalue weighted by molar-refractivity contribution is 0.0696. The van der Waals surface area contributed by atoms with Crippen molar-refractivity contribution in [2.75, 3.05) is 0 Å². The summed E-state index contributed by atoms with van der Waals surface area (Å²) in [7, 11) is 0. The van der Waals surface area contributed by atoms with Gasteiger partial charge in [0.15, 0.2) is 0 Å². The first kappa shape index (κ1) is 11.9. The molecule has 5 heteroatoms. The van der Waals surface area contributed by atoms with Crippen LogP contribution in [0.2, 0.25) is 0 Å². The van der Waals surface area contributed by atoms with Crippen molar-refractivity contribution in [3.8, 4) is 5.69 Å². The number of aromatic nitrogens is 2. The number of imidazole rings is 1. The third-order valence-corrected chi connectivity index (χ3v) is 3.58. The Morgan fingerprint density at radius 1 is 1.16 bits per heavy atom.